The number of hydrogen-bond donors (Lipinski definition) is 0. The smallest absolute Gasteiger partial charge is 0.395 e. The Morgan fingerprint density at radius 1 is 0.750 bits per heavy atom. The summed E-state index contributed by atoms with van der Waals surface area (Å²) in [5, 5.41) is 21.0. The molecule has 24 heavy (non-hydrogen) atoms. The van der Waals surface area contributed by atoms with Gasteiger partial charge in [0.1, 0.15) is 11.5 Å². The van der Waals surface area contributed by atoms with Crippen LogP contribution in [-0.4, -0.2) is 16.0 Å². The van der Waals surface area contributed by atoms with E-state index in [4.69, 9.17) is 9.47 Å². The first-order valence-corrected chi connectivity index (χ1v) is 6.84. The maximum absolute atomic E-state index is 11.5. The van der Waals surface area contributed by atoms with E-state index in [9.17, 15) is 25.0 Å². The van der Waals surface area contributed by atoms with Crippen molar-refractivity contribution in [2.24, 2.45) is 0 Å². The maximum Gasteiger partial charge on any atom is 0.519 e. The molecule has 0 radical (unpaired) electrons. The minimum Gasteiger partial charge on any atom is -0.395 e. The van der Waals surface area contributed by atoms with E-state index in [1.54, 1.807) is 0 Å². The molecule has 0 atom stereocenters. The van der Waals surface area contributed by atoms with E-state index in [-0.39, 0.29) is 22.9 Å². The van der Waals surface area contributed by atoms with Gasteiger partial charge in [0.25, 0.3) is 11.4 Å². The highest BCUT2D eigenvalue weighted by Crippen LogP contribution is 2.20. The summed E-state index contributed by atoms with van der Waals surface area (Å²) in [7, 11) is 0. The highest BCUT2D eigenvalue weighted by Gasteiger charge is 2.11. The molecule has 2 aromatic rings. The van der Waals surface area contributed by atoms with Crippen molar-refractivity contribution < 1.29 is 24.1 Å². The van der Waals surface area contributed by atoms with Crippen molar-refractivity contribution in [3.63, 3.8) is 0 Å². The number of nitrogens with zero attached hydrogens (tertiary/aromatic N) is 2. The first-order valence-electron chi connectivity index (χ1n) is 6.84. The van der Waals surface area contributed by atoms with Gasteiger partial charge < -0.3 is 9.47 Å². The minimum atomic E-state index is -1.07. The number of non-ortho nitro benzene ring substituents is 2. The van der Waals surface area contributed by atoms with Crippen molar-refractivity contribution >= 4 is 17.5 Å². The zero-order valence-electron chi connectivity index (χ0n) is 12.9. The maximum atomic E-state index is 11.5. The molecule has 0 spiro atoms. The Morgan fingerprint density at radius 3 is 1.29 bits per heavy atom. The Balaban J connectivity index is 0.00000139. The van der Waals surface area contributed by atoms with Crippen LogP contribution in [-0.2, 0) is 0 Å². The highest BCUT2D eigenvalue weighted by atomic mass is 16.7. The zero-order valence-corrected chi connectivity index (χ0v) is 12.9. The lowest BCUT2D eigenvalue weighted by molar-refractivity contribution is -0.385. The molecule has 9 heteroatoms. The summed E-state index contributed by atoms with van der Waals surface area (Å²) < 4.78 is 9.63. The molecule has 2 aromatic carbocycles. The molecule has 9 nitrogen and oxygen atoms in total. The van der Waals surface area contributed by atoms with Crippen LogP contribution in [0, 0.1) is 20.2 Å². The number of carbonyl (C=O) groups is 1. The Hall–Kier alpha value is -3.49. The minimum absolute atomic E-state index is 0.0671. The average molecular weight is 334 g/mol. The van der Waals surface area contributed by atoms with Gasteiger partial charge >= 0.3 is 6.16 Å². The molecule has 0 aliphatic carbocycles. The van der Waals surface area contributed by atoms with Crippen LogP contribution in [0.25, 0.3) is 0 Å². The standard InChI is InChI=1S/C13H8N2O7.C2H6/c16-13(21-11-5-1-9(2-6-11)14(17)18)22-12-7-3-10(4-8-12)15(19)20;1-2/h1-8H;1-2H3. The first-order chi connectivity index (χ1) is 11.5. The first kappa shape index (κ1) is 18.6. The van der Waals surface area contributed by atoms with Gasteiger partial charge in [-0.2, -0.15) is 0 Å². The highest BCUT2D eigenvalue weighted by molar-refractivity contribution is 5.67. The summed E-state index contributed by atoms with van der Waals surface area (Å²) in [6.07, 6.45) is -1.07. The largest absolute Gasteiger partial charge is 0.519 e. The fourth-order valence-corrected chi connectivity index (χ4v) is 1.49. The Bertz CT molecular complexity index is 650. The topological polar surface area (TPSA) is 122 Å². The van der Waals surface area contributed by atoms with Crippen LogP contribution in [0.15, 0.2) is 48.5 Å². The zero-order chi connectivity index (χ0) is 18.1. The Kier molecular flexibility index (Phi) is 6.83. The van der Waals surface area contributed by atoms with Crippen LogP contribution in [0.1, 0.15) is 13.8 Å². The van der Waals surface area contributed by atoms with Crippen LogP contribution >= 0.6 is 0 Å². The fourth-order valence-electron chi connectivity index (χ4n) is 1.49. The monoisotopic (exact) mass is 334 g/mol. The number of carbonyl (C=O) groups excluding carboxylic acids is 1. The van der Waals surface area contributed by atoms with Gasteiger partial charge in [-0.1, -0.05) is 13.8 Å². The van der Waals surface area contributed by atoms with E-state index in [2.05, 4.69) is 0 Å². The van der Waals surface area contributed by atoms with E-state index in [0.29, 0.717) is 0 Å². The predicted octanol–water partition coefficient (Wildman–Crippen LogP) is 4.11. The molecule has 0 heterocycles. The molecule has 0 saturated heterocycles. The van der Waals surface area contributed by atoms with Crippen LogP contribution < -0.4 is 9.47 Å². The van der Waals surface area contributed by atoms with Crippen LogP contribution in [0.4, 0.5) is 16.2 Å². The third kappa shape index (κ3) is 5.37. The van der Waals surface area contributed by atoms with E-state index < -0.39 is 16.0 Å². The van der Waals surface area contributed by atoms with Crippen molar-refractivity contribution in [1.82, 2.24) is 0 Å². The molecule has 0 aliphatic rings. The van der Waals surface area contributed by atoms with Gasteiger partial charge in [-0.05, 0) is 24.3 Å². The van der Waals surface area contributed by atoms with Crippen LogP contribution in [0.5, 0.6) is 11.5 Å². The van der Waals surface area contributed by atoms with Gasteiger partial charge in [-0.3, -0.25) is 20.2 Å². The summed E-state index contributed by atoms with van der Waals surface area (Å²) in [5.74, 6) is 0.134. The van der Waals surface area contributed by atoms with E-state index in [1.807, 2.05) is 13.8 Å². The van der Waals surface area contributed by atoms with Crippen molar-refractivity contribution in [1.29, 1.82) is 0 Å². The Morgan fingerprint density at radius 2 is 1.04 bits per heavy atom. The molecule has 0 unspecified atom stereocenters. The predicted molar refractivity (Wildman–Crippen MR) is 84.2 cm³/mol. The number of rotatable bonds is 4. The molecular weight excluding hydrogens is 320 g/mol. The third-order valence-corrected chi connectivity index (χ3v) is 2.50. The van der Waals surface area contributed by atoms with Crippen molar-refractivity contribution in [2.45, 2.75) is 13.8 Å². The average Bonchev–Trinajstić information content (AvgIpc) is 2.57. The van der Waals surface area contributed by atoms with Gasteiger partial charge in [0.05, 0.1) is 9.85 Å². The molecule has 0 amide bonds. The van der Waals surface area contributed by atoms with E-state index in [0.717, 1.165) is 0 Å². The Labute approximate surface area is 136 Å². The van der Waals surface area contributed by atoms with Gasteiger partial charge in [0.2, 0.25) is 0 Å². The molecule has 0 N–H and O–H groups in total. The molecule has 2 rings (SSSR count). The lowest BCUT2D eigenvalue weighted by atomic mass is 10.3. The van der Waals surface area contributed by atoms with Crippen molar-refractivity contribution in [2.75, 3.05) is 0 Å². The van der Waals surface area contributed by atoms with Crippen molar-refractivity contribution in [3.8, 4) is 11.5 Å². The van der Waals surface area contributed by atoms with Crippen molar-refractivity contribution in [3.05, 3.63) is 68.8 Å². The van der Waals surface area contributed by atoms with Gasteiger partial charge in [-0.15, -0.1) is 0 Å². The molecule has 0 aliphatic heterocycles. The molecular formula is C15H14N2O7. The summed E-state index contributed by atoms with van der Waals surface area (Å²) >= 11 is 0. The number of hydrogen-bond acceptors (Lipinski definition) is 7. The van der Waals surface area contributed by atoms with Gasteiger partial charge in [0.15, 0.2) is 0 Å². The number of benzene rings is 2. The molecule has 0 saturated carbocycles. The summed E-state index contributed by atoms with van der Waals surface area (Å²) in [4.78, 5) is 31.3. The molecule has 0 aromatic heterocycles. The van der Waals surface area contributed by atoms with Gasteiger partial charge in [0, 0.05) is 24.3 Å². The molecule has 126 valence electrons. The molecule has 0 bridgehead atoms. The number of nitro groups is 2. The van der Waals surface area contributed by atoms with Gasteiger partial charge in [-0.25, -0.2) is 4.79 Å². The number of ether oxygens (including phenoxy) is 2. The second kappa shape index (κ2) is 8.83. The van der Waals surface area contributed by atoms with E-state index >= 15 is 0 Å². The number of nitro benzene ring substituents is 2. The molecule has 0 fully saturated rings. The second-order valence-electron chi connectivity index (χ2n) is 3.96. The third-order valence-electron chi connectivity index (χ3n) is 2.50. The lowest BCUT2D eigenvalue weighted by Crippen LogP contribution is -2.13. The summed E-state index contributed by atoms with van der Waals surface area (Å²) in [6, 6.07) is 9.68. The van der Waals surface area contributed by atoms with Crippen LogP contribution in [0.3, 0.4) is 0 Å². The normalized spacial score (nSPS) is 9.25. The second-order valence-corrected chi connectivity index (χ2v) is 3.96. The lowest BCUT2D eigenvalue weighted by Gasteiger charge is -2.05. The van der Waals surface area contributed by atoms with Crippen LogP contribution in [0.2, 0.25) is 0 Å². The fraction of sp³-hybridized carbons (Fsp3) is 0.133. The van der Waals surface area contributed by atoms with E-state index in [1.165, 1.54) is 48.5 Å². The summed E-state index contributed by atoms with van der Waals surface area (Å²) in [5.41, 5.74) is -0.285. The summed E-state index contributed by atoms with van der Waals surface area (Å²) in [6.45, 7) is 4.00. The quantitative estimate of drug-likeness (QED) is 0.357. The SMILES string of the molecule is CC.O=C(Oc1ccc([N+](=O)[O-])cc1)Oc1ccc([N+](=O)[O-])cc1.